The van der Waals surface area contributed by atoms with Crippen LogP contribution in [-0.4, -0.2) is 43.2 Å². The second-order valence-electron chi connectivity index (χ2n) is 8.14. The molecule has 9 heteroatoms. The number of aromatic nitrogens is 1. The first-order valence-corrected chi connectivity index (χ1v) is 11.0. The predicted octanol–water partition coefficient (Wildman–Crippen LogP) is 2.89. The molecule has 0 spiro atoms. The van der Waals surface area contributed by atoms with E-state index in [1.165, 1.54) is 4.90 Å². The van der Waals surface area contributed by atoms with E-state index in [0.29, 0.717) is 66.4 Å². The van der Waals surface area contributed by atoms with Crippen LogP contribution in [0.25, 0.3) is 0 Å². The Morgan fingerprint density at radius 3 is 2.12 bits per heavy atom. The Bertz CT molecular complexity index is 1280. The van der Waals surface area contributed by atoms with Crippen molar-refractivity contribution < 1.29 is 28.5 Å². The Morgan fingerprint density at radius 1 is 0.824 bits per heavy atom. The molecule has 1 fully saturated rings. The summed E-state index contributed by atoms with van der Waals surface area (Å²) < 4.78 is 22.5. The second-order valence-corrected chi connectivity index (χ2v) is 8.14. The predicted molar refractivity (Wildman–Crippen MR) is 122 cm³/mol. The number of nitrogens with one attached hydrogen (secondary N) is 1. The molecule has 1 atom stereocenters. The van der Waals surface area contributed by atoms with Gasteiger partial charge in [-0.25, -0.2) is 0 Å². The van der Waals surface area contributed by atoms with E-state index >= 15 is 0 Å². The molecule has 3 aliphatic rings. The molecule has 9 nitrogen and oxygen atoms in total. The van der Waals surface area contributed by atoms with Gasteiger partial charge in [-0.3, -0.25) is 19.5 Å². The number of carbonyl (C=O) groups excluding carboxylic acids is 2. The van der Waals surface area contributed by atoms with E-state index < -0.39 is 5.54 Å². The van der Waals surface area contributed by atoms with Gasteiger partial charge in [-0.1, -0.05) is 0 Å². The van der Waals surface area contributed by atoms with Crippen molar-refractivity contribution >= 4 is 23.2 Å². The van der Waals surface area contributed by atoms with Gasteiger partial charge in [-0.15, -0.1) is 0 Å². The lowest BCUT2D eigenvalue weighted by atomic mass is 9.76. The minimum Gasteiger partial charge on any atom is -0.486 e. The normalized spacial score (nSPS) is 20.4. The standard InChI is InChI=1S/C25H21N3O6/c29-23-15-25(16-5-7-26-8-6-16,28(23)18-2-4-20-22(14-18)34-12-10-32-20)24(30)27-17-1-3-19-21(13-17)33-11-9-31-19/h1-8,13-14H,9-12,15H2,(H,27,30). The third kappa shape index (κ3) is 3.20. The summed E-state index contributed by atoms with van der Waals surface area (Å²) in [7, 11) is 0. The van der Waals surface area contributed by atoms with Crippen LogP contribution in [0.4, 0.5) is 11.4 Å². The Labute approximate surface area is 195 Å². The number of anilines is 2. The highest BCUT2D eigenvalue weighted by atomic mass is 16.6. The minimum atomic E-state index is -1.25. The van der Waals surface area contributed by atoms with Gasteiger partial charge in [0.25, 0.3) is 5.91 Å². The summed E-state index contributed by atoms with van der Waals surface area (Å²) >= 11 is 0. The Balaban J connectivity index is 1.39. The van der Waals surface area contributed by atoms with Gasteiger partial charge in [-0.05, 0) is 42.0 Å². The van der Waals surface area contributed by atoms with Crippen LogP contribution in [0.2, 0.25) is 0 Å². The third-order valence-electron chi connectivity index (χ3n) is 6.16. The number of hydrogen-bond donors (Lipinski definition) is 1. The van der Waals surface area contributed by atoms with Crippen LogP contribution in [0.1, 0.15) is 12.0 Å². The molecule has 1 unspecified atom stereocenters. The van der Waals surface area contributed by atoms with Crippen LogP contribution in [-0.2, 0) is 15.1 Å². The van der Waals surface area contributed by atoms with E-state index in [1.807, 2.05) is 0 Å². The number of amides is 2. The van der Waals surface area contributed by atoms with Crippen molar-refractivity contribution in [2.45, 2.75) is 12.0 Å². The first-order chi connectivity index (χ1) is 16.6. The maximum atomic E-state index is 13.8. The zero-order valence-corrected chi connectivity index (χ0v) is 18.2. The van der Waals surface area contributed by atoms with Crippen molar-refractivity contribution in [3.8, 4) is 23.0 Å². The van der Waals surface area contributed by atoms with Gasteiger partial charge in [0.15, 0.2) is 28.5 Å². The summed E-state index contributed by atoms with van der Waals surface area (Å²) in [6, 6.07) is 14.0. The Morgan fingerprint density at radius 2 is 1.44 bits per heavy atom. The molecule has 34 heavy (non-hydrogen) atoms. The molecule has 3 aliphatic heterocycles. The van der Waals surface area contributed by atoms with Crippen molar-refractivity contribution in [3.63, 3.8) is 0 Å². The van der Waals surface area contributed by atoms with Crippen LogP contribution in [0.3, 0.4) is 0 Å². The molecule has 2 amide bonds. The van der Waals surface area contributed by atoms with Gasteiger partial charge >= 0.3 is 0 Å². The number of fused-ring (bicyclic) bond motifs is 2. The number of ether oxygens (including phenoxy) is 4. The average Bonchev–Trinajstić information content (AvgIpc) is 2.87. The summed E-state index contributed by atoms with van der Waals surface area (Å²) in [4.78, 5) is 32.4. The Hall–Kier alpha value is -4.27. The van der Waals surface area contributed by atoms with Crippen molar-refractivity contribution in [3.05, 3.63) is 66.5 Å². The van der Waals surface area contributed by atoms with Crippen molar-refractivity contribution in [1.82, 2.24) is 4.98 Å². The first-order valence-electron chi connectivity index (χ1n) is 11.0. The van der Waals surface area contributed by atoms with Gasteiger partial charge in [-0.2, -0.15) is 0 Å². The number of β-lactam (4-membered cyclic amide) rings is 1. The number of hydrogen-bond acceptors (Lipinski definition) is 7. The highest BCUT2D eigenvalue weighted by Crippen LogP contribution is 2.47. The smallest absolute Gasteiger partial charge is 0.255 e. The van der Waals surface area contributed by atoms with Crippen LogP contribution in [0.15, 0.2) is 60.9 Å². The molecule has 6 rings (SSSR count). The van der Waals surface area contributed by atoms with E-state index in [2.05, 4.69) is 10.3 Å². The average molecular weight is 459 g/mol. The summed E-state index contributed by atoms with van der Waals surface area (Å²) in [5.74, 6) is 1.83. The lowest BCUT2D eigenvalue weighted by Gasteiger charge is -2.50. The zero-order valence-electron chi connectivity index (χ0n) is 18.2. The first kappa shape index (κ1) is 20.3. The molecule has 1 saturated heterocycles. The van der Waals surface area contributed by atoms with E-state index in [-0.39, 0.29) is 18.2 Å². The number of carbonyl (C=O) groups is 2. The summed E-state index contributed by atoms with van der Waals surface area (Å²) in [6.45, 7) is 1.81. The Kier molecular flexibility index (Phi) is 4.75. The van der Waals surface area contributed by atoms with Gasteiger partial charge in [0.1, 0.15) is 26.4 Å². The van der Waals surface area contributed by atoms with Crippen LogP contribution in [0, 0.1) is 0 Å². The molecule has 1 N–H and O–H groups in total. The second kappa shape index (κ2) is 7.95. The van der Waals surface area contributed by atoms with Gasteiger partial charge in [0.05, 0.1) is 6.42 Å². The van der Waals surface area contributed by atoms with E-state index in [1.54, 1.807) is 60.9 Å². The number of benzene rings is 2. The monoisotopic (exact) mass is 459 g/mol. The lowest BCUT2D eigenvalue weighted by molar-refractivity contribution is -0.137. The van der Waals surface area contributed by atoms with Gasteiger partial charge < -0.3 is 24.3 Å². The number of rotatable bonds is 4. The zero-order chi connectivity index (χ0) is 23.1. The SMILES string of the molecule is O=C1CC(C(=O)Nc2ccc3c(c2)OCCO3)(c2ccncc2)N1c1ccc2c(c1)OCCO2. The molecule has 0 saturated carbocycles. The molecule has 0 aliphatic carbocycles. The molecule has 3 aromatic rings. The van der Waals surface area contributed by atoms with Gasteiger partial charge in [0, 0.05) is 35.9 Å². The molecule has 4 heterocycles. The maximum Gasteiger partial charge on any atom is 0.255 e. The molecule has 0 bridgehead atoms. The molecular formula is C25H21N3O6. The minimum absolute atomic E-state index is 0.0157. The van der Waals surface area contributed by atoms with Crippen LogP contribution < -0.4 is 29.2 Å². The molecule has 0 radical (unpaired) electrons. The number of pyridine rings is 1. The van der Waals surface area contributed by atoms with Crippen molar-refractivity contribution in [2.75, 3.05) is 36.6 Å². The molecule has 1 aromatic heterocycles. The third-order valence-corrected chi connectivity index (χ3v) is 6.16. The quantitative estimate of drug-likeness (QED) is 0.599. The lowest BCUT2D eigenvalue weighted by Crippen LogP contribution is -2.67. The maximum absolute atomic E-state index is 13.8. The fourth-order valence-corrected chi connectivity index (χ4v) is 4.56. The molecular weight excluding hydrogens is 438 g/mol. The van der Waals surface area contributed by atoms with E-state index in [0.717, 1.165) is 0 Å². The molecule has 2 aromatic carbocycles. The number of nitrogens with zero attached hydrogens (tertiary/aromatic N) is 2. The van der Waals surface area contributed by atoms with E-state index in [4.69, 9.17) is 18.9 Å². The van der Waals surface area contributed by atoms with Crippen molar-refractivity contribution in [2.24, 2.45) is 0 Å². The molecule has 172 valence electrons. The summed E-state index contributed by atoms with van der Waals surface area (Å²) in [6.07, 6.45) is 3.24. The fourth-order valence-electron chi connectivity index (χ4n) is 4.56. The fraction of sp³-hybridized carbons (Fsp3) is 0.240. The van der Waals surface area contributed by atoms with Gasteiger partial charge in [0.2, 0.25) is 5.91 Å². The van der Waals surface area contributed by atoms with Crippen molar-refractivity contribution in [1.29, 1.82) is 0 Å². The van der Waals surface area contributed by atoms with Crippen LogP contribution in [0.5, 0.6) is 23.0 Å². The summed E-state index contributed by atoms with van der Waals surface area (Å²) in [5, 5.41) is 2.97. The highest BCUT2D eigenvalue weighted by Gasteiger charge is 2.58. The van der Waals surface area contributed by atoms with E-state index in [9.17, 15) is 9.59 Å². The topological polar surface area (TPSA) is 99.2 Å². The largest absolute Gasteiger partial charge is 0.486 e. The van der Waals surface area contributed by atoms with Crippen LogP contribution >= 0.6 is 0 Å². The highest BCUT2D eigenvalue weighted by molar-refractivity contribution is 6.17. The summed E-state index contributed by atoms with van der Waals surface area (Å²) in [5.41, 5.74) is 0.502.